The number of hydrogen-bond acceptors (Lipinski definition) is 4. The molecule has 0 unspecified atom stereocenters. The lowest BCUT2D eigenvalue weighted by molar-refractivity contribution is -0.132. The minimum absolute atomic E-state index is 0.222. The van der Waals surface area contributed by atoms with E-state index in [1.54, 1.807) is 11.3 Å². The van der Waals surface area contributed by atoms with Crippen LogP contribution in [0.4, 0.5) is 0 Å². The number of amides is 1. The van der Waals surface area contributed by atoms with Crippen molar-refractivity contribution < 1.29 is 4.79 Å². The third-order valence-electron chi connectivity index (χ3n) is 4.27. The second-order valence-electron chi connectivity index (χ2n) is 6.02. The minimum Gasteiger partial charge on any atom is -0.340 e. The predicted molar refractivity (Wildman–Crippen MR) is 89.5 cm³/mol. The Bertz CT molecular complexity index is 495. The Morgan fingerprint density at radius 3 is 2.67 bits per heavy atom. The van der Waals surface area contributed by atoms with E-state index in [0.717, 1.165) is 36.7 Å². The number of likely N-dealkylation sites (N-methyl/N-ethyl adjacent to an activating group) is 1. The van der Waals surface area contributed by atoms with E-state index in [1.807, 2.05) is 11.9 Å². The van der Waals surface area contributed by atoms with Crippen molar-refractivity contribution in [3.63, 3.8) is 0 Å². The fraction of sp³-hybridized carbons (Fsp3) is 0.667. The summed E-state index contributed by atoms with van der Waals surface area (Å²) in [6.45, 7) is 5.57. The molecule has 1 aliphatic carbocycles. The second-order valence-corrected chi connectivity index (χ2v) is 7.94. The number of carbonyl (C=O) groups excluding carboxylic acids is 1. The van der Waals surface area contributed by atoms with Crippen LogP contribution >= 0.6 is 27.3 Å². The maximum Gasteiger partial charge on any atom is 0.236 e. The first-order valence-corrected chi connectivity index (χ1v) is 9.22. The Balaban J connectivity index is 1.42. The number of carbonyl (C=O) groups is 1. The van der Waals surface area contributed by atoms with Crippen LogP contribution in [0.15, 0.2) is 15.9 Å². The van der Waals surface area contributed by atoms with E-state index in [-0.39, 0.29) is 5.91 Å². The van der Waals surface area contributed by atoms with Crippen LogP contribution in [-0.4, -0.2) is 66.4 Å². The standard InChI is InChI=1S/C15H22BrN3OS/c1-17(9-14-8-12(16)11-21-14)15(20)10-18-4-6-19(7-5-18)13-2-3-13/h8,11,13H,2-7,9-10H2,1H3. The normalized spacial score (nSPS) is 20.7. The van der Waals surface area contributed by atoms with Gasteiger partial charge >= 0.3 is 0 Å². The molecule has 0 atom stereocenters. The van der Waals surface area contributed by atoms with Crippen molar-refractivity contribution in [2.24, 2.45) is 0 Å². The molecule has 1 aromatic heterocycles. The lowest BCUT2D eigenvalue weighted by Gasteiger charge is -2.35. The van der Waals surface area contributed by atoms with Crippen LogP contribution in [0.2, 0.25) is 0 Å². The lowest BCUT2D eigenvalue weighted by atomic mass is 10.3. The van der Waals surface area contributed by atoms with Crippen LogP contribution < -0.4 is 0 Å². The van der Waals surface area contributed by atoms with Crippen molar-refractivity contribution in [1.82, 2.24) is 14.7 Å². The molecule has 1 aliphatic heterocycles. The maximum absolute atomic E-state index is 12.3. The number of hydrogen-bond donors (Lipinski definition) is 0. The van der Waals surface area contributed by atoms with Gasteiger partial charge in [0.05, 0.1) is 13.1 Å². The molecule has 116 valence electrons. The summed E-state index contributed by atoms with van der Waals surface area (Å²) in [6.07, 6.45) is 2.75. The summed E-state index contributed by atoms with van der Waals surface area (Å²) in [5, 5.41) is 2.06. The largest absolute Gasteiger partial charge is 0.340 e. The summed E-state index contributed by atoms with van der Waals surface area (Å²) >= 11 is 5.15. The highest BCUT2D eigenvalue weighted by molar-refractivity contribution is 9.10. The Morgan fingerprint density at radius 1 is 1.38 bits per heavy atom. The van der Waals surface area contributed by atoms with Gasteiger partial charge in [-0.05, 0) is 34.8 Å². The number of nitrogens with zero attached hydrogens (tertiary/aromatic N) is 3. The molecular weight excluding hydrogens is 350 g/mol. The van der Waals surface area contributed by atoms with Crippen LogP contribution in [0, 0.1) is 0 Å². The average Bonchev–Trinajstić information content (AvgIpc) is 3.23. The molecule has 6 heteroatoms. The molecule has 0 N–H and O–H groups in total. The lowest BCUT2D eigenvalue weighted by Crippen LogP contribution is -2.50. The number of halogens is 1. The van der Waals surface area contributed by atoms with Crippen LogP contribution in [-0.2, 0) is 11.3 Å². The molecule has 1 saturated heterocycles. The average molecular weight is 372 g/mol. The van der Waals surface area contributed by atoms with Crippen molar-refractivity contribution in [3.8, 4) is 0 Å². The van der Waals surface area contributed by atoms with Crippen molar-refractivity contribution in [1.29, 1.82) is 0 Å². The fourth-order valence-electron chi connectivity index (χ4n) is 2.80. The van der Waals surface area contributed by atoms with E-state index in [4.69, 9.17) is 0 Å². The number of piperazine rings is 1. The summed E-state index contributed by atoms with van der Waals surface area (Å²) in [6, 6.07) is 2.94. The molecule has 21 heavy (non-hydrogen) atoms. The Hall–Kier alpha value is -0.430. The van der Waals surface area contributed by atoms with Gasteiger partial charge in [0, 0.05) is 54.0 Å². The van der Waals surface area contributed by atoms with E-state index in [2.05, 4.69) is 37.2 Å². The quantitative estimate of drug-likeness (QED) is 0.793. The van der Waals surface area contributed by atoms with Crippen LogP contribution in [0.5, 0.6) is 0 Å². The van der Waals surface area contributed by atoms with E-state index >= 15 is 0 Å². The molecule has 0 radical (unpaired) electrons. The molecule has 2 fully saturated rings. The molecular formula is C15H22BrN3OS. The first-order valence-electron chi connectivity index (χ1n) is 7.55. The van der Waals surface area contributed by atoms with Gasteiger partial charge in [0.25, 0.3) is 0 Å². The topological polar surface area (TPSA) is 26.8 Å². The zero-order valence-electron chi connectivity index (χ0n) is 12.4. The summed E-state index contributed by atoms with van der Waals surface area (Å²) in [4.78, 5) is 20.2. The van der Waals surface area contributed by atoms with Gasteiger partial charge in [0.1, 0.15) is 0 Å². The minimum atomic E-state index is 0.222. The highest BCUT2D eigenvalue weighted by Gasteiger charge is 2.31. The van der Waals surface area contributed by atoms with Gasteiger partial charge in [-0.3, -0.25) is 14.6 Å². The third kappa shape index (κ3) is 4.28. The van der Waals surface area contributed by atoms with E-state index < -0.39 is 0 Å². The van der Waals surface area contributed by atoms with Crippen LogP contribution in [0.25, 0.3) is 0 Å². The first kappa shape index (κ1) is 15.5. The van der Waals surface area contributed by atoms with Crippen molar-refractivity contribution in [2.75, 3.05) is 39.8 Å². The molecule has 2 aliphatic rings. The second kappa shape index (κ2) is 6.77. The monoisotopic (exact) mass is 371 g/mol. The van der Waals surface area contributed by atoms with Crippen molar-refractivity contribution in [2.45, 2.75) is 25.4 Å². The third-order valence-corrected chi connectivity index (χ3v) is 5.95. The summed E-state index contributed by atoms with van der Waals surface area (Å²) < 4.78 is 1.10. The highest BCUT2D eigenvalue weighted by Crippen LogP contribution is 2.27. The molecule has 1 amide bonds. The first-order chi connectivity index (χ1) is 10.1. The van der Waals surface area contributed by atoms with Crippen LogP contribution in [0.3, 0.4) is 0 Å². The molecule has 1 aromatic rings. The van der Waals surface area contributed by atoms with E-state index in [1.165, 1.54) is 17.7 Å². The SMILES string of the molecule is CN(Cc1cc(Br)cs1)C(=O)CN1CCN(C2CC2)CC1. The predicted octanol–water partition coefficient (Wildman–Crippen LogP) is 2.25. The zero-order chi connectivity index (χ0) is 14.8. The van der Waals surface area contributed by atoms with Gasteiger partial charge in [-0.1, -0.05) is 0 Å². The molecule has 2 heterocycles. The molecule has 1 saturated carbocycles. The van der Waals surface area contributed by atoms with Crippen molar-refractivity contribution >= 4 is 33.2 Å². The maximum atomic E-state index is 12.3. The molecule has 3 rings (SSSR count). The van der Waals surface area contributed by atoms with Gasteiger partial charge < -0.3 is 4.90 Å². The van der Waals surface area contributed by atoms with Gasteiger partial charge in [0.2, 0.25) is 5.91 Å². The van der Waals surface area contributed by atoms with Gasteiger partial charge in [-0.2, -0.15) is 0 Å². The number of rotatable bonds is 5. The Labute approximate surface area is 138 Å². The van der Waals surface area contributed by atoms with Gasteiger partial charge in [-0.25, -0.2) is 0 Å². The summed E-state index contributed by atoms with van der Waals surface area (Å²) in [7, 11) is 1.90. The smallest absolute Gasteiger partial charge is 0.236 e. The van der Waals surface area contributed by atoms with E-state index in [0.29, 0.717) is 13.1 Å². The molecule has 0 bridgehead atoms. The summed E-state index contributed by atoms with van der Waals surface area (Å²) in [5.74, 6) is 0.222. The highest BCUT2D eigenvalue weighted by atomic mass is 79.9. The summed E-state index contributed by atoms with van der Waals surface area (Å²) in [5.41, 5.74) is 0. The Kier molecular flexibility index (Phi) is 4.99. The van der Waals surface area contributed by atoms with Gasteiger partial charge in [0.15, 0.2) is 0 Å². The molecule has 0 aromatic carbocycles. The van der Waals surface area contributed by atoms with E-state index in [9.17, 15) is 4.79 Å². The van der Waals surface area contributed by atoms with Gasteiger partial charge in [-0.15, -0.1) is 11.3 Å². The zero-order valence-corrected chi connectivity index (χ0v) is 14.8. The molecule has 4 nitrogen and oxygen atoms in total. The Morgan fingerprint density at radius 2 is 2.10 bits per heavy atom. The number of thiophene rings is 1. The van der Waals surface area contributed by atoms with Crippen molar-refractivity contribution in [3.05, 3.63) is 20.8 Å². The molecule has 0 spiro atoms. The fourth-order valence-corrected chi connectivity index (χ4v) is 4.30. The van der Waals surface area contributed by atoms with Crippen LogP contribution in [0.1, 0.15) is 17.7 Å².